The fourth-order valence-corrected chi connectivity index (χ4v) is 0.710. The van der Waals surface area contributed by atoms with E-state index in [4.69, 9.17) is 28.3 Å². The van der Waals surface area contributed by atoms with Crippen LogP contribution in [0, 0.1) is 10.8 Å². The van der Waals surface area contributed by atoms with E-state index in [1.165, 1.54) is 0 Å². The number of hydrogen-bond donors (Lipinski definition) is 2. The third kappa shape index (κ3) is 18.1. The predicted molar refractivity (Wildman–Crippen MR) is 53.8 cm³/mol. The molecule has 1 aromatic rings. The van der Waals surface area contributed by atoms with E-state index in [9.17, 15) is 4.79 Å². The molecule has 0 aromatic heterocycles. The molecule has 0 aliphatic heterocycles. The summed E-state index contributed by atoms with van der Waals surface area (Å²) in [5.74, 6) is 0. The zero-order chi connectivity index (χ0) is 13.0. The molecule has 0 unspecified atom stereocenters. The van der Waals surface area contributed by atoms with E-state index in [0.717, 1.165) is 11.8 Å². The molecule has 0 saturated heterocycles. The normalized spacial score (nSPS) is 8.75. The average molecular weight is 246 g/mol. The Morgan fingerprint density at radius 2 is 1.50 bits per heavy atom. The Balaban J connectivity index is 0. The Morgan fingerprint density at radius 1 is 1.12 bits per heavy atom. The van der Waals surface area contributed by atoms with E-state index in [-0.39, 0.29) is 0 Å². The molecule has 16 heavy (non-hydrogen) atoms. The Kier molecular flexibility index (Phi) is 10.1. The lowest BCUT2D eigenvalue weighted by Crippen LogP contribution is -1.89. The summed E-state index contributed by atoms with van der Waals surface area (Å²) in [4.78, 5) is 9.97. The lowest BCUT2D eigenvalue weighted by molar-refractivity contribution is -0.107. The van der Waals surface area contributed by atoms with E-state index in [1.807, 2.05) is 30.3 Å². The molecule has 88 valence electrons. The molecular formula is C8H10N2O5S. The van der Waals surface area contributed by atoms with E-state index in [1.54, 1.807) is 0 Å². The molecule has 2 N–H and O–H groups in total. The zero-order valence-electron chi connectivity index (χ0n) is 8.09. The van der Waals surface area contributed by atoms with Crippen LogP contribution in [0.5, 0.6) is 0 Å². The van der Waals surface area contributed by atoms with Crippen molar-refractivity contribution in [3.05, 3.63) is 35.9 Å². The summed E-state index contributed by atoms with van der Waals surface area (Å²) in [5, 5.41) is 12.0. The minimum atomic E-state index is -4.67. The first-order chi connectivity index (χ1) is 7.43. The second-order valence-electron chi connectivity index (χ2n) is 2.30. The molecule has 0 spiro atoms. The molecule has 0 radical (unpaired) electrons. The highest BCUT2D eigenvalue weighted by Crippen LogP contribution is 1.96. The van der Waals surface area contributed by atoms with E-state index >= 15 is 0 Å². The maximum absolute atomic E-state index is 9.97. The third-order valence-electron chi connectivity index (χ3n) is 1.16. The topological polar surface area (TPSA) is 139 Å². The maximum atomic E-state index is 9.97. The number of carbonyl (C=O) groups is 1. The lowest BCUT2D eigenvalue weighted by Gasteiger charge is -1.89. The van der Waals surface area contributed by atoms with Gasteiger partial charge in [-0.05, 0) is 5.56 Å². The summed E-state index contributed by atoms with van der Waals surface area (Å²) in [7, 11) is -4.67. The molecule has 0 amide bonds. The Labute approximate surface area is 92.7 Å². The van der Waals surface area contributed by atoms with Gasteiger partial charge in [-0.2, -0.15) is 8.42 Å². The van der Waals surface area contributed by atoms with Gasteiger partial charge in [-0.25, -0.2) is 0 Å². The van der Waals surface area contributed by atoms with Crippen LogP contribution in [0.15, 0.2) is 30.3 Å². The summed E-state index contributed by atoms with van der Waals surface area (Å²) in [5.41, 5.74) is 1.08. The van der Waals surface area contributed by atoms with Crippen molar-refractivity contribution in [1.82, 2.24) is 0 Å². The van der Waals surface area contributed by atoms with Crippen LogP contribution in [0.25, 0.3) is 0 Å². The fourth-order valence-electron chi connectivity index (χ4n) is 0.710. The van der Waals surface area contributed by atoms with Crippen molar-refractivity contribution < 1.29 is 22.3 Å². The van der Waals surface area contributed by atoms with Gasteiger partial charge in [0.05, 0.1) is 0 Å². The number of rotatable bonds is 2. The lowest BCUT2D eigenvalue weighted by atomic mass is 10.2. The molecule has 7 nitrogen and oxygen atoms in total. The van der Waals surface area contributed by atoms with Gasteiger partial charge in [0, 0.05) is 17.2 Å². The summed E-state index contributed by atoms with van der Waals surface area (Å²) in [6.45, 7) is 0. The van der Waals surface area contributed by atoms with Gasteiger partial charge < -0.3 is 4.79 Å². The minimum Gasteiger partial charge on any atom is -0.303 e. The Bertz CT molecular complexity index is 393. The van der Waals surface area contributed by atoms with Crippen molar-refractivity contribution in [3.63, 3.8) is 0 Å². The SMILES string of the molecule is N#N.O=CCc1ccccc1.O=S(=O)(O)O. The minimum absolute atomic E-state index is 0.529. The molecule has 1 rings (SSSR count). The van der Waals surface area contributed by atoms with Crippen LogP contribution in [-0.2, 0) is 21.6 Å². The van der Waals surface area contributed by atoms with Crippen molar-refractivity contribution >= 4 is 16.7 Å². The van der Waals surface area contributed by atoms with E-state index in [0.29, 0.717) is 6.42 Å². The molecular weight excluding hydrogens is 236 g/mol. The highest BCUT2D eigenvalue weighted by Gasteiger charge is 1.85. The smallest absolute Gasteiger partial charge is 0.303 e. The van der Waals surface area contributed by atoms with Crippen LogP contribution in [0.3, 0.4) is 0 Å². The summed E-state index contributed by atoms with van der Waals surface area (Å²) >= 11 is 0. The Hall–Kier alpha value is -1.82. The van der Waals surface area contributed by atoms with E-state index in [2.05, 4.69) is 0 Å². The predicted octanol–water partition coefficient (Wildman–Crippen LogP) is 0.805. The summed E-state index contributed by atoms with van der Waals surface area (Å²) in [6, 6.07) is 9.68. The van der Waals surface area contributed by atoms with Gasteiger partial charge in [0.2, 0.25) is 0 Å². The molecule has 1 aromatic carbocycles. The fraction of sp³-hybridized carbons (Fsp3) is 0.125. The van der Waals surface area contributed by atoms with E-state index < -0.39 is 10.4 Å². The van der Waals surface area contributed by atoms with Gasteiger partial charge in [-0.3, -0.25) is 9.11 Å². The maximum Gasteiger partial charge on any atom is 0.394 e. The molecule has 0 saturated carbocycles. The number of benzene rings is 1. The van der Waals surface area contributed by atoms with Crippen molar-refractivity contribution in [2.45, 2.75) is 6.42 Å². The van der Waals surface area contributed by atoms with Crippen LogP contribution in [0.2, 0.25) is 0 Å². The monoisotopic (exact) mass is 246 g/mol. The van der Waals surface area contributed by atoms with Gasteiger partial charge in [0.15, 0.2) is 0 Å². The first-order valence-corrected chi connectivity index (χ1v) is 5.20. The number of carbonyl (C=O) groups excluding carboxylic acids is 1. The number of hydrogen-bond acceptors (Lipinski definition) is 5. The third-order valence-corrected chi connectivity index (χ3v) is 1.16. The average Bonchev–Trinajstić information content (AvgIpc) is 2.20. The van der Waals surface area contributed by atoms with Crippen LogP contribution in [-0.4, -0.2) is 23.8 Å². The quantitative estimate of drug-likeness (QED) is 0.447. The zero-order valence-corrected chi connectivity index (χ0v) is 8.91. The molecule has 0 aliphatic rings. The molecule has 0 atom stereocenters. The van der Waals surface area contributed by atoms with Crippen LogP contribution in [0.4, 0.5) is 0 Å². The summed E-state index contributed by atoms with van der Waals surface area (Å²) < 4.78 is 31.6. The van der Waals surface area contributed by atoms with Crippen molar-refractivity contribution in [3.8, 4) is 0 Å². The number of nitrogens with zero attached hydrogens (tertiary/aromatic N) is 2. The second kappa shape index (κ2) is 9.72. The molecule has 0 heterocycles. The van der Waals surface area contributed by atoms with Crippen molar-refractivity contribution in [2.24, 2.45) is 0 Å². The van der Waals surface area contributed by atoms with Gasteiger partial charge in [-0.15, -0.1) is 0 Å². The van der Waals surface area contributed by atoms with Crippen LogP contribution in [0.1, 0.15) is 5.56 Å². The van der Waals surface area contributed by atoms with Crippen molar-refractivity contribution in [2.75, 3.05) is 0 Å². The highest BCUT2D eigenvalue weighted by molar-refractivity contribution is 7.79. The first-order valence-electron chi connectivity index (χ1n) is 3.81. The molecule has 0 bridgehead atoms. The molecule has 0 fully saturated rings. The highest BCUT2D eigenvalue weighted by atomic mass is 32.3. The standard InChI is InChI=1S/C8H8O.N2.H2O4S/c9-7-6-8-4-2-1-3-5-8;1-2;1-5(2,3)4/h1-5,7H,6H2;;(H2,1,2,3,4). The van der Waals surface area contributed by atoms with Crippen LogP contribution >= 0.6 is 0 Å². The first kappa shape index (κ1) is 16.6. The summed E-state index contributed by atoms with van der Waals surface area (Å²) in [6.07, 6.45) is 1.44. The molecule has 0 aliphatic carbocycles. The number of aldehydes is 1. The van der Waals surface area contributed by atoms with Crippen LogP contribution < -0.4 is 0 Å². The van der Waals surface area contributed by atoms with Gasteiger partial charge >= 0.3 is 10.4 Å². The van der Waals surface area contributed by atoms with Gasteiger partial charge in [0.1, 0.15) is 6.29 Å². The Morgan fingerprint density at radius 3 is 1.81 bits per heavy atom. The second-order valence-corrected chi connectivity index (χ2v) is 3.20. The van der Waals surface area contributed by atoms with Crippen molar-refractivity contribution in [1.29, 1.82) is 10.8 Å². The largest absolute Gasteiger partial charge is 0.394 e. The molecule has 8 heteroatoms. The van der Waals surface area contributed by atoms with Gasteiger partial charge in [0.25, 0.3) is 0 Å². The van der Waals surface area contributed by atoms with Gasteiger partial charge in [-0.1, -0.05) is 30.3 Å².